The predicted molar refractivity (Wildman–Crippen MR) is 74.7 cm³/mol. The van der Waals surface area contributed by atoms with E-state index in [1.807, 2.05) is 0 Å². The van der Waals surface area contributed by atoms with Gasteiger partial charge in [-0.2, -0.15) is 4.31 Å². The average Bonchev–Trinajstić information content (AvgIpc) is 2.91. The summed E-state index contributed by atoms with van der Waals surface area (Å²) in [5, 5.41) is 11.0. The van der Waals surface area contributed by atoms with Crippen LogP contribution in [0.25, 0.3) is 0 Å². The van der Waals surface area contributed by atoms with E-state index in [-0.39, 0.29) is 12.2 Å². The fraction of sp³-hybridized carbons (Fsp3) is 0.182. The minimum Gasteiger partial charge on any atom is -0.399 e. The fourth-order valence-corrected chi connectivity index (χ4v) is 3.06. The second-order valence-electron chi connectivity index (χ2n) is 4.28. The number of aromatic nitrogens is 2. The zero-order valence-electron chi connectivity index (χ0n) is 11.1. The van der Waals surface area contributed by atoms with Crippen LogP contribution < -0.4 is 5.73 Å². The molecule has 0 unspecified atom stereocenters. The topological polar surface area (TPSA) is 135 Å². The van der Waals surface area contributed by atoms with Crippen molar-refractivity contribution >= 4 is 21.4 Å². The smallest absolute Gasteiger partial charge is 0.289 e. The van der Waals surface area contributed by atoms with Crippen LogP contribution in [-0.4, -0.2) is 34.7 Å². The van der Waals surface area contributed by atoms with Crippen molar-refractivity contribution in [1.29, 1.82) is 0 Å². The van der Waals surface area contributed by atoms with Crippen LogP contribution in [0.4, 0.5) is 11.4 Å². The van der Waals surface area contributed by atoms with Crippen molar-refractivity contribution in [2.24, 2.45) is 0 Å². The molecule has 0 spiro atoms. The van der Waals surface area contributed by atoms with Crippen LogP contribution in [-0.2, 0) is 16.6 Å². The molecule has 3 N–H and O–H groups in total. The maximum Gasteiger partial charge on any atom is 0.289 e. The molecular weight excluding hydrogens is 298 g/mol. The Labute approximate surface area is 120 Å². The van der Waals surface area contributed by atoms with Crippen LogP contribution in [0.15, 0.2) is 35.5 Å². The normalized spacial score (nSPS) is 11.7. The summed E-state index contributed by atoms with van der Waals surface area (Å²) < 4.78 is 25.9. The molecule has 0 saturated carbocycles. The van der Waals surface area contributed by atoms with Crippen molar-refractivity contribution < 1.29 is 13.3 Å². The SMILES string of the molecule is CN(Cc1ncc[nH]1)S(=O)(=O)c1cc(N)ccc1[N+](=O)[O-]. The lowest BCUT2D eigenvalue weighted by Gasteiger charge is -2.16. The number of imidazole rings is 1. The Hall–Kier alpha value is -2.46. The van der Waals surface area contributed by atoms with Gasteiger partial charge in [0.2, 0.25) is 10.0 Å². The van der Waals surface area contributed by atoms with Gasteiger partial charge >= 0.3 is 0 Å². The van der Waals surface area contributed by atoms with Crippen molar-refractivity contribution in [3.05, 3.63) is 46.5 Å². The van der Waals surface area contributed by atoms with Gasteiger partial charge < -0.3 is 10.7 Å². The van der Waals surface area contributed by atoms with Crippen molar-refractivity contribution in [2.75, 3.05) is 12.8 Å². The summed E-state index contributed by atoms with van der Waals surface area (Å²) >= 11 is 0. The first-order chi connectivity index (χ1) is 9.82. The Kier molecular flexibility index (Phi) is 3.91. The molecule has 21 heavy (non-hydrogen) atoms. The number of hydrogen-bond acceptors (Lipinski definition) is 6. The van der Waals surface area contributed by atoms with E-state index in [0.29, 0.717) is 5.82 Å². The third-order valence-electron chi connectivity index (χ3n) is 2.80. The third-order valence-corrected chi connectivity index (χ3v) is 4.63. The molecule has 1 aromatic heterocycles. The van der Waals surface area contributed by atoms with Gasteiger partial charge in [0.1, 0.15) is 5.82 Å². The molecule has 0 atom stereocenters. The molecule has 0 radical (unpaired) electrons. The Morgan fingerprint density at radius 3 is 2.76 bits per heavy atom. The largest absolute Gasteiger partial charge is 0.399 e. The van der Waals surface area contributed by atoms with E-state index in [1.165, 1.54) is 19.3 Å². The molecule has 2 rings (SSSR count). The van der Waals surface area contributed by atoms with Gasteiger partial charge in [-0.25, -0.2) is 13.4 Å². The van der Waals surface area contributed by atoms with E-state index in [0.717, 1.165) is 16.4 Å². The lowest BCUT2D eigenvalue weighted by atomic mass is 10.3. The number of nitro benzene ring substituents is 1. The highest BCUT2D eigenvalue weighted by molar-refractivity contribution is 7.89. The summed E-state index contributed by atoms with van der Waals surface area (Å²) in [5.41, 5.74) is 5.15. The van der Waals surface area contributed by atoms with Crippen LogP contribution >= 0.6 is 0 Å². The Bertz CT molecular complexity index is 757. The van der Waals surface area contributed by atoms with Crippen molar-refractivity contribution in [3.63, 3.8) is 0 Å². The summed E-state index contributed by atoms with van der Waals surface area (Å²) in [7, 11) is -2.75. The number of nitrogens with one attached hydrogen (secondary N) is 1. The molecule has 0 saturated heterocycles. The highest BCUT2D eigenvalue weighted by Gasteiger charge is 2.30. The maximum atomic E-state index is 12.5. The molecule has 0 fully saturated rings. The molecule has 112 valence electrons. The van der Waals surface area contributed by atoms with Gasteiger partial charge in [0.05, 0.1) is 11.5 Å². The summed E-state index contributed by atoms with van der Waals surface area (Å²) in [4.78, 5) is 16.5. The Morgan fingerprint density at radius 1 is 1.48 bits per heavy atom. The summed E-state index contributed by atoms with van der Waals surface area (Å²) in [6.45, 7) is -0.0404. The average molecular weight is 311 g/mol. The van der Waals surface area contributed by atoms with E-state index in [4.69, 9.17) is 5.73 Å². The molecule has 0 aliphatic carbocycles. The lowest BCUT2D eigenvalue weighted by molar-refractivity contribution is -0.387. The number of rotatable bonds is 5. The van der Waals surface area contributed by atoms with Gasteiger partial charge in [-0.1, -0.05) is 0 Å². The first-order valence-electron chi connectivity index (χ1n) is 5.81. The monoisotopic (exact) mass is 311 g/mol. The number of nitrogens with two attached hydrogens (primary N) is 1. The van der Waals surface area contributed by atoms with E-state index < -0.39 is 25.5 Å². The minimum absolute atomic E-state index is 0.0404. The Balaban J connectivity index is 2.43. The van der Waals surface area contributed by atoms with E-state index in [9.17, 15) is 18.5 Å². The molecule has 9 nitrogen and oxygen atoms in total. The number of nitro groups is 1. The molecule has 10 heteroatoms. The summed E-state index contributed by atoms with van der Waals surface area (Å²) in [5.74, 6) is 0.424. The third kappa shape index (κ3) is 3.01. The molecule has 1 heterocycles. The fourth-order valence-electron chi connectivity index (χ4n) is 1.74. The molecule has 0 bridgehead atoms. The van der Waals surface area contributed by atoms with Crippen molar-refractivity contribution in [2.45, 2.75) is 11.4 Å². The zero-order valence-corrected chi connectivity index (χ0v) is 11.9. The molecule has 0 aliphatic heterocycles. The minimum atomic E-state index is -4.06. The predicted octanol–water partition coefficient (Wildman–Crippen LogP) is 0.721. The van der Waals surface area contributed by atoms with Crippen LogP contribution in [0.3, 0.4) is 0 Å². The van der Waals surface area contributed by atoms with E-state index >= 15 is 0 Å². The molecule has 1 aromatic carbocycles. The highest BCUT2D eigenvalue weighted by atomic mass is 32.2. The number of H-pyrrole nitrogens is 1. The highest BCUT2D eigenvalue weighted by Crippen LogP contribution is 2.28. The quantitative estimate of drug-likeness (QED) is 0.474. The first-order valence-corrected chi connectivity index (χ1v) is 7.25. The van der Waals surface area contributed by atoms with Gasteiger partial charge in [0.25, 0.3) is 5.69 Å². The Morgan fingerprint density at radius 2 is 2.19 bits per heavy atom. The number of nitrogen functional groups attached to an aromatic ring is 1. The van der Waals surface area contributed by atoms with Gasteiger partial charge in [0.15, 0.2) is 4.90 Å². The number of hydrogen-bond donors (Lipinski definition) is 2. The first kappa shape index (κ1) is 14.9. The second-order valence-corrected chi connectivity index (χ2v) is 6.29. The number of anilines is 1. The second kappa shape index (κ2) is 5.50. The molecule has 0 aliphatic rings. The summed E-state index contributed by atoms with van der Waals surface area (Å²) in [6, 6.07) is 3.43. The van der Waals surface area contributed by atoms with E-state index in [2.05, 4.69) is 9.97 Å². The number of nitrogens with zero attached hydrogens (tertiary/aromatic N) is 3. The van der Waals surface area contributed by atoms with Crippen LogP contribution in [0.5, 0.6) is 0 Å². The van der Waals surface area contributed by atoms with Gasteiger partial charge in [-0.05, 0) is 12.1 Å². The van der Waals surface area contributed by atoms with Gasteiger partial charge in [-0.3, -0.25) is 10.1 Å². The van der Waals surface area contributed by atoms with Gasteiger partial charge in [-0.15, -0.1) is 0 Å². The van der Waals surface area contributed by atoms with E-state index in [1.54, 1.807) is 6.20 Å². The van der Waals surface area contributed by atoms with Crippen molar-refractivity contribution in [1.82, 2.24) is 14.3 Å². The molecular formula is C11H13N5O4S. The number of benzene rings is 1. The van der Waals surface area contributed by atoms with Crippen molar-refractivity contribution in [3.8, 4) is 0 Å². The lowest BCUT2D eigenvalue weighted by Crippen LogP contribution is -2.27. The summed E-state index contributed by atoms with van der Waals surface area (Å²) in [6.07, 6.45) is 3.04. The van der Waals surface area contributed by atoms with Crippen LogP contribution in [0.1, 0.15) is 5.82 Å². The number of sulfonamides is 1. The van der Waals surface area contributed by atoms with Crippen LogP contribution in [0, 0.1) is 10.1 Å². The molecule has 0 amide bonds. The zero-order chi connectivity index (χ0) is 15.6. The maximum absolute atomic E-state index is 12.5. The van der Waals surface area contributed by atoms with Crippen LogP contribution in [0.2, 0.25) is 0 Å². The number of aromatic amines is 1. The van der Waals surface area contributed by atoms with Gasteiger partial charge in [0, 0.05) is 31.2 Å². The molecule has 2 aromatic rings. The standard InChI is InChI=1S/C11H13N5O4S/c1-15(7-11-13-4-5-14-11)21(19,20)10-6-8(12)2-3-9(10)16(17)18/h2-6H,7,12H2,1H3,(H,13,14).